The second-order valence-electron chi connectivity index (χ2n) is 23.4. The molecule has 0 bridgehead atoms. The van der Waals surface area contributed by atoms with Gasteiger partial charge in [0.05, 0.1) is 0 Å². The number of rotatable bonds is 64. The van der Waals surface area contributed by atoms with Crippen LogP contribution in [0.2, 0.25) is 0 Å². The maximum atomic E-state index is 12.9. The van der Waals surface area contributed by atoms with Crippen molar-refractivity contribution in [1.29, 1.82) is 0 Å². The second-order valence-corrected chi connectivity index (χ2v) is 23.4. The van der Waals surface area contributed by atoms with Crippen molar-refractivity contribution in [2.45, 2.75) is 367 Å². The van der Waals surface area contributed by atoms with E-state index in [0.29, 0.717) is 19.3 Å². The molecule has 1 unspecified atom stereocenters. The topological polar surface area (TPSA) is 78.9 Å². The van der Waals surface area contributed by atoms with Crippen LogP contribution in [0.4, 0.5) is 0 Å². The van der Waals surface area contributed by atoms with Crippen molar-refractivity contribution in [3.8, 4) is 0 Å². The zero-order valence-electron chi connectivity index (χ0n) is 53.3. The summed E-state index contributed by atoms with van der Waals surface area (Å²) in [5.74, 6) is -0.932. The molecule has 0 aromatic rings. The number of carbonyl (C=O) groups is 3. The highest BCUT2D eigenvalue weighted by Crippen LogP contribution is 2.18. The van der Waals surface area contributed by atoms with Gasteiger partial charge in [-0.15, -0.1) is 0 Å². The molecule has 80 heavy (non-hydrogen) atoms. The molecular formula is C74H132O6. The van der Waals surface area contributed by atoms with Gasteiger partial charge in [0.1, 0.15) is 13.2 Å². The SMILES string of the molecule is CC/C=C\C/C=C\C/C=C\C/C=C\C/C=C\CCCC(=O)OC(COC(=O)CCCCCCCCCCCCCCCCCC)COC(=O)CCCCCCCCCCCCCCCCCCC/C=C\CCCCCCCCCC. The van der Waals surface area contributed by atoms with Gasteiger partial charge in [-0.2, -0.15) is 0 Å². The van der Waals surface area contributed by atoms with Gasteiger partial charge in [-0.3, -0.25) is 14.4 Å². The van der Waals surface area contributed by atoms with E-state index in [1.165, 1.54) is 238 Å². The van der Waals surface area contributed by atoms with Crippen LogP contribution in [0, 0.1) is 0 Å². The third-order valence-electron chi connectivity index (χ3n) is 15.4. The molecule has 0 aromatic heterocycles. The van der Waals surface area contributed by atoms with Gasteiger partial charge in [0, 0.05) is 19.3 Å². The van der Waals surface area contributed by atoms with E-state index in [1.54, 1.807) is 0 Å². The summed E-state index contributed by atoms with van der Waals surface area (Å²) < 4.78 is 16.9. The van der Waals surface area contributed by atoms with Crippen LogP contribution in [0.1, 0.15) is 361 Å². The minimum absolute atomic E-state index is 0.0937. The van der Waals surface area contributed by atoms with Crippen molar-refractivity contribution in [2.75, 3.05) is 13.2 Å². The van der Waals surface area contributed by atoms with Crippen molar-refractivity contribution in [3.05, 3.63) is 72.9 Å². The Morgan fingerprint density at radius 2 is 0.500 bits per heavy atom. The summed E-state index contributed by atoms with van der Waals surface area (Å²) in [7, 11) is 0. The van der Waals surface area contributed by atoms with Crippen LogP contribution in [0.15, 0.2) is 72.9 Å². The zero-order chi connectivity index (χ0) is 57.8. The summed E-state index contributed by atoms with van der Waals surface area (Å²) in [5.41, 5.74) is 0. The van der Waals surface area contributed by atoms with E-state index >= 15 is 0 Å². The minimum Gasteiger partial charge on any atom is -0.462 e. The van der Waals surface area contributed by atoms with E-state index in [0.717, 1.165) is 77.0 Å². The van der Waals surface area contributed by atoms with Gasteiger partial charge in [-0.05, 0) is 83.5 Å². The normalized spacial score (nSPS) is 12.5. The minimum atomic E-state index is -0.804. The van der Waals surface area contributed by atoms with Crippen LogP contribution in [0.5, 0.6) is 0 Å². The lowest BCUT2D eigenvalue weighted by atomic mass is 10.0. The third-order valence-corrected chi connectivity index (χ3v) is 15.4. The maximum absolute atomic E-state index is 12.9. The molecule has 0 spiro atoms. The fourth-order valence-electron chi connectivity index (χ4n) is 10.2. The summed E-state index contributed by atoms with van der Waals surface area (Å²) >= 11 is 0. The molecule has 6 heteroatoms. The molecule has 6 nitrogen and oxygen atoms in total. The van der Waals surface area contributed by atoms with Gasteiger partial charge >= 0.3 is 17.9 Å². The van der Waals surface area contributed by atoms with E-state index in [1.807, 2.05) is 0 Å². The van der Waals surface area contributed by atoms with Crippen molar-refractivity contribution in [2.24, 2.45) is 0 Å². The highest BCUT2D eigenvalue weighted by Gasteiger charge is 2.19. The van der Waals surface area contributed by atoms with Crippen molar-refractivity contribution >= 4 is 17.9 Å². The van der Waals surface area contributed by atoms with Crippen LogP contribution >= 0.6 is 0 Å². The Morgan fingerprint density at radius 1 is 0.263 bits per heavy atom. The van der Waals surface area contributed by atoms with Crippen LogP contribution in [0.3, 0.4) is 0 Å². The molecule has 0 saturated carbocycles. The van der Waals surface area contributed by atoms with E-state index in [-0.39, 0.29) is 37.5 Å². The van der Waals surface area contributed by atoms with Gasteiger partial charge < -0.3 is 14.2 Å². The molecule has 0 heterocycles. The molecule has 0 rings (SSSR count). The fraction of sp³-hybridized carbons (Fsp3) is 0.797. The molecule has 0 aliphatic carbocycles. The van der Waals surface area contributed by atoms with Gasteiger partial charge in [-0.1, -0.05) is 331 Å². The lowest BCUT2D eigenvalue weighted by molar-refractivity contribution is -0.167. The van der Waals surface area contributed by atoms with Crippen molar-refractivity contribution in [3.63, 3.8) is 0 Å². The summed E-state index contributed by atoms with van der Waals surface area (Å²) in [6, 6.07) is 0. The quantitative estimate of drug-likeness (QED) is 0.0261. The number of hydrogen-bond acceptors (Lipinski definition) is 6. The highest BCUT2D eigenvalue weighted by molar-refractivity contribution is 5.71. The van der Waals surface area contributed by atoms with E-state index in [9.17, 15) is 14.4 Å². The number of carbonyl (C=O) groups excluding carboxylic acids is 3. The Kier molecular flexibility index (Phi) is 65.7. The smallest absolute Gasteiger partial charge is 0.306 e. The molecule has 0 aromatic carbocycles. The zero-order valence-corrected chi connectivity index (χ0v) is 53.3. The monoisotopic (exact) mass is 1120 g/mol. The molecule has 0 saturated heterocycles. The largest absolute Gasteiger partial charge is 0.462 e. The van der Waals surface area contributed by atoms with Crippen LogP contribution in [-0.2, 0) is 28.6 Å². The molecule has 0 radical (unpaired) electrons. The highest BCUT2D eigenvalue weighted by atomic mass is 16.6. The van der Waals surface area contributed by atoms with E-state index < -0.39 is 6.10 Å². The Balaban J connectivity index is 4.27. The standard InChI is InChI=1S/C74H132O6/c1-4-7-10-13-16-19-22-25-28-31-32-33-34-35-36-37-38-39-40-41-42-44-46-49-52-55-58-61-64-67-73(76)79-70-71(69-78-72(75)66-63-60-57-54-51-48-45-30-27-24-21-18-15-12-9-6-3)80-74(77)68-65-62-59-56-53-50-47-43-29-26-23-20-17-14-11-8-5-2/h8,11,17,20,26,29,31-32,47,50,56,59,71H,4-7,9-10,12-16,18-19,21-25,27-28,30,33-46,48-49,51-55,57-58,60-70H2,1-3H3/b11-8-,20-17-,29-26-,32-31-,50-47-,59-56-. The van der Waals surface area contributed by atoms with Crippen molar-refractivity contribution in [1.82, 2.24) is 0 Å². The van der Waals surface area contributed by atoms with Gasteiger partial charge in [0.15, 0.2) is 6.10 Å². The average Bonchev–Trinajstić information content (AvgIpc) is 3.46. The predicted octanol–water partition coefficient (Wildman–Crippen LogP) is 24.1. The Labute approximate surface area is 497 Å². The Morgan fingerprint density at radius 3 is 0.812 bits per heavy atom. The van der Waals surface area contributed by atoms with Crippen LogP contribution < -0.4 is 0 Å². The third kappa shape index (κ3) is 65.7. The number of hydrogen-bond donors (Lipinski definition) is 0. The van der Waals surface area contributed by atoms with Gasteiger partial charge in [0.25, 0.3) is 0 Å². The van der Waals surface area contributed by atoms with Crippen LogP contribution in [-0.4, -0.2) is 37.2 Å². The van der Waals surface area contributed by atoms with E-state index in [4.69, 9.17) is 14.2 Å². The Hall–Kier alpha value is -3.15. The number of allylic oxidation sites excluding steroid dienone is 12. The van der Waals surface area contributed by atoms with Gasteiger partial charge in [0.2, 0.25) is 0 Å². The average molecular weight is 1120 g/mol. The first-order chi connectivity index (χ1) is 39.5. The van der Waals surface area contributed by atoms with Crippen molar-refractivity contribution < 1.29 is 28.6 Å². The molecule has 0 fully saturated rings. The summed E-state index contributed by atoms with van der Waals surface area (Å²) in [5, 5.41) is 0. The molecule has 0 N–H and O–H groups in total. The molecular weight excluding hydrogens is 985 g/mol. The molecule has 464 valence electrons. The summed E-state index contributed by atoms with van der Waals surface area (Å²) in [6.07, 6.45) is 89.4. The lowest BCUT2D eigenvalue weighted by Gasteiger charge is -2.18. The number of unbranched alkanes of at least 4 members (excludes halogenated alkanes) is 41. The summed E-state index contributed by atoms with van der Waals surface area (Å²) in [6.45, 7) is 6.54. The first-order valence-electron chi connectivity index (χ1n) is 34.9. The molecule has 0 aliphatic heterocycles. The lowest BCUT2D eigenvalue weighted by Crippen LogP contribution is -2.30. The molecule has 0 amide bonds. The van der Waals surface area contributed by atoms with Crippen LogP contribution in [0.25, 0.3) is 0 Å². The van der Waals surface area contributed by atoms with E-state index in [2.05, 4.69) is 93.7 Å². The first kappa shape index (κ1) is 76.9. The Bertz CT molecular complexity index is 1470. The predicted molar refractivity (Wildman–Crippen MR) is 348 cm³/mol. The maximum Gasteiger partial charge on any atom is 0.306 e. The summed E-state index contributed by atoms with van der Waals surface area (Å²) in [4.78, 5) is 38.4. The first-order valence-corrected chi connectivity index (χ1v) is 34.9. The second kappa shape index (κ2) is 68.3. The fourth-order valence-corrected chi connectivity index (χ4v) is 10.2. The molecule has 0 aliphatic rings. The van der Waals surface area contributed by atoms with Gasteiger partial charge in [-0.25, -0.2) is 0 Å². The number of ether oxygens (including phenoxy) is 3. The molecule has 1 atom stereocenters. The number of esters is 3.